The summed E-state index contributed by atoms with van der Waals surface area (Å²) in [5.41, 5.74) is 6.02. The van der Waals surface area contributed by atoms with Gasteiger partial charge in [0.05, 0.1) is 11.2 Å². The standard InChI is InChI=1S/C25H31N5/c1-28-13-15-29(16-14-28)19-21-6-4-5-20(17-21)7-10-24-23-9-8-22(18-25(23)27-26-24)30-11-2-3-12-30/h4-10,17-18H,2-3,11-16,19H2,1H3,(H,26,27). The predicted octanol–water partition coefficient (Wildman–Crippen LogP) is 4.08. The number of likely N-dealkylation sites (N-methyl/N-ethyl adjacent to an activating group) is 1. The number of aromatic amines is 1. The Morgan fingerprint density at radius 2 is 1.77 bits per heavy atom. The molecule has 5 rings (SSSR count). The van der Waals surface area contributed by atoms with Gasteiger partial charge in [0.25, 0.3) is 0 Å². The third kappa shape index (κ3) is 4.27. The van der Waals surface area contributed by atoms with Crippen LogP contribution in [0, 0.1) is 0 Å². The summed E-state index contributed by atoms with van der Waals surface area (Å²) in [6, 6.07) is 15.5. The van der Waals surface area contributed by atoms with Crippen molar-refractivity contribution in [2.75, 3.05) is 51.2 Å². The molecule has 2 aliphatic heterocycles. The molecule has 0 radical (unpaired) electrons. The minimum Gasteiger partial charge on any atom is -0.371 e. The van der Waals surface area contributed by atoms with Crippen LogP contribution < -0.4 is 4.90 Å². The van der Waals surface area contributed by atoms with E-state index in [0.29, 0.717) is 0 Å². The smallest absolute Gasteiger partial charge is 0.0927 e. The van der Waals surface area contributed by atoms with Crippen molar-refractivity contribution < 1.29 is 0 Å². The molecule has 5 nitrogen and oxygen atoms in total. The molecule has 2 aliphatic rings. The van der Waals surface area contributed by atoms with Gasteiger partial charge in [0, 0.05) is 56.9 Å². The van der Waals surface area contributed by atoms with E-state index >= 15 is 0 Å². The number of piperazine rings is 1. The number of H-pyrrole nitrogens is 1. The SMILES string of the molecule is CN1CCN(Cc2cccc(C=Cc3n[nH]c4cc(N5CCCC5)ccc34)c2)CC1. The fraction of sp³-hybridized carbons (Fsp3) is 0.400. The molecular weight excluding hydrogens is 370 g/mol. The van der Waals surface area contributed by atoms with Gasteiger partial charge in [0.15, 0.2) is 0 Å². The zero-order valence-electron chi connectivity index (χ0n) is 17.8. The Hall–Kier alpha value is -2.63. The molecule has 2 saturated heterocycles. The largest absolute Gasteiger partial charge is 0.371 e. The number of nitrogens with zero attached hydrogens (tertiary/aromatic N) is 4. The van der Waals surface area contributed by atoms with E-state index in [1.165, 1.54) is 35.0 Å². The number of anilines is 1. The average molecular weight is 402 g/mol. The molecule has 3 aromatic rings. The number of hydrogen-bond donors (Lipinski definition) is 1. The fourth-order valence-electron chi connectivity index (χ4n) is 4.56. The third-order valence-corrected chi connectivity index (χ3v) is 6.43. The predicted molar refractivity (Wildman–Crippen MR) is 126 cm³/mol. The van der Waals surface area contributed by atoms with Crippen molar-refractivity contribution in [3.05, 3.63) is 59.3 Å². The molecule has 5 heteroatoms. The second kappa shape index (κ2) is 8.62. The zero-order chi connectivity index (χ0) is 20.3. The van der Waals surface area contributed by atoms with Gasteiger partial charge in [-0.1, -0.05) is 30.3 Å². The van der Waals surface area contributed by atoms with E-state index in [9.17, 15) is 0 Å². The average Bonchev–Trinajstić information content (AvgIpc) is 3.44. The Morgan fingerprint density at radius 1 is 0.933 bits per heavy atom. The molecule has 0 saturated carbocycles. The second-order valence-electron chi connectivity index (χ2n) is 8.69. The molecule has 0 amide bonds. The van der Waals surface area contributed by atoms with E-state index < -0.39 is 0 Å². The molecule has 156 valence electrons. The maximum Gasteiger partial charge on any atom is 0.0927 e. The van der Waals surface area contributed by atoms with Crippen molar-refractivity contribution in [3.63, 3.8) is 0 Å². The lowest BCUT2D eigenvalue weighted by atomic mass is 10.1. The molecule has 0 aliphatic carbocycles. The van der Waals surface area contributed by atoms with Crippen molar-refractivity contribution in [2.24, 2.45) is 0 Å². The van der Waals surface area contributed by atoms with Crippen molar-refractivity contribution in [1.82, 2.24) is 20.0 Å². The Morgan fingerprint density at radius 3 is 2.60 bits per heavy atom. The number of fused-ring (bicyclic) bond motifs is 1. The first-order valence-electron chi connectivity index (χ1n) is 11.2. The summed E-state index contributed by atoms with van der Waals surface area (Å²) in [7, 11) is 2.20. The van der Waals surface area contributed by atoms with Crippen LogP contribution in [0.1, 0.15) is 29.7 Å². The van der Waals surface area contributed by atoms with Gasteiger partial charge in [-0.15, -0.1) is 0 Å². The van der Waals surface area contributed by atoms with E-state index in [2.05, 4.69) is 86.6 Å². The molecule has 3 heterocycles. The van der Waals surface area contributed by atoms with Gasteiger partial charge >= 0.3 is 0 Å². The van der Waals surface area contributed by atoms with Crippen molar-refractivity contribution in [3.8, 4) is 0 Å². The molecule has 2 fully saturated rings. The van der Waals surface area contributed by atoms with Gasteiger partial charge in [0.2, 0.25) is 0 Å². The summed E-state index contributed by atoms with van der Waals surface area (Å²) < 4.78 is 0. The minimum atomic E-state index is 1.00. The highest BCUT2D eigenvalue weighted by Crippen LogP contribution is 2.26. The highest BCUT2D eigenvalue weighted by molar-refractivity contribution is 5.91. The van der Waals surface area contributed by atoms with E-state index in [1.807, 2.05) is 0 Å². The number of hydrogen-bond acceptors (Lipinski definition) is 4. The van der Waals surface area contributed by atoms with Crippen LogP contribution in [0.15, 0.2) is 42.5 Å². The number of rotatable bonds is 5. The first-order chi connectivity index (χ1) is 14.7. The summed E-state index contributed by atoms with van der Waals surface area (Å²) in [6.45, 7) is 7.97. The lowest BCUT2D eigenvalue weighted by Crippen LogP contribution is -2.43. The third-order valence-electron chi connectivity index (χ3n) is 6.43. The Kier molecular flexibility index (Phi) is 5.56. The van der Waals surface area contributed by atoms with Gasteiger partial charge in [-0.3, -0.25) is 10.00 Å². The summed E-state index contributed by atoms with van der Waals surface area (Å²) in [4.78, 5) is 7.40. The fourth-order valence-corrected chi connectivity index (χ4v) is 4.56. The van der Waals surface area contributed by atoms with Gasteiger partial charge in [0.1, 0.15) is 0 Å². The maximum absolute atomic E-state index is 4.56. The zero-order valence-corrected chi connectivity index (χ0v) is 17.8. The van der Waals surface area contributed by atoms with E-state index in [4.69, 9.17) is 0 Å². The molecule has 0 atom stereocenters. The lowest BCUT2D eigenvalue weighted by molar-refractivity contribution is 0.148. The molecule has 1 aromatic heterocycles. The summed E-state index contributed by atoms with van der Waals surface area (Å²) in [6.07, 6.45) is 6.90. The first-order valence-corrected chi connectivity index (χ1v) is 11.2. The Balaban J connectivity index is 1.29. The van der Waals surface area contributed by atoms with Crippen LogP contribution in [0.5, 0.6) is 0 Å². The minimum absolute atomic E-state index is 1.00. The van der Waals surface area contributed by atoms with Crippen LogP contribution in [0.3, 0.4) is 0 Å². The van der Waals surface area contributed by atoms with Gasteiger partial charge in [-0.25, -0.2) is 0 Å². The molecule has 0 bridgehead atoms. The van der Waals surface area contributed by atoms with Crippen LogP contribution in [0.25, 0.3) is 23.1 Å². The highest BCUT2D eigenvalue weighted by atomic mass is 15.2. The van der Waals surface area contributed by atoms with Gasteiger partial charge in [-0.2, -0.15) is 5.10 Å². The quantitative estimate of drug-likeness (QED) is 0.699. The van der Waals surface area contributed by atoms with E-state index in [-0.39, 0.29) is 0 Å². The lowest BCUT2D eigenvalue weighted by Gasteiger charge is -2.32. The van der Waals surface area contributed by atoms with Crippen molar-refractivity contribution in [1.29, 1.82) is 0 Å². The maximum atomic E-state index is 4.56. The Bertz CT molecular complexity index is 1020. The van der Waals surface area contributed by atoms with E-state index in [1.54, 1.807) is 0 Å². The highest BCUT2D eigenvalue weighted by Gasteiger charge is 2.15. The molecule has 1 N–H and O–H groups in total. The summed E-state index contributed by atoms with van der Waals surface area (Å²) >= 11 is 0. The van der Waals surface area contributed by atoms with Crippen molar-refractivity contribution in [2.45, 2.75) is 19.4 Å². The first kappa shape index (κ1) is 19.3. The molecule has 0 spiro atoms. The molecule has 2 aromatic carbocycles. The number of benzene rings is 2. The number of aromatic nitrogens is 2. The topological polar surface area (TPSA) is 38.4 Å². The monoisotopic (exact) mass is 401 g/mol. The Labute approximate surface area is 179 Å². The molecular formula is C25H31N5. The van der Waals surface area contributed by atoms with Crippen LogP contribution in [0.2, 0.25) is 0 Å². The second-order valence-corrected chi connectivity index (χ2v) is 8.69. The summed E-state index contributed by atoms with van der Waals surface area (Å²) in [5, 5.41) is 8.96. The van der Waals surface area contributed by atoms with Gasteiger partial charge < -0.3 is 9.80 Å². The van der Waals surface area contributed by atoms with E-state index in [0.717, 1.165) is 57.0 Å². The van der Waals surface area contributed by atoms with Crippen LogP contribution in [-0.2, 0) is 6.54 Å². The molecule has 30 heavy (non-hydrogen) atoms. The van der Waals surface area contributed by atoms with Crippen molar-refractivity contribution >= 4 is 28.7 Å². The van der Waals surface area contributed by atoms with Gasteiger partial charge in [-0.05, 0) is 55.3 Å². The number of nitrogens with one attached hydrogen (secondary N) is 1. The molecule has 0 unspecified atom stereocenters. The summed E-state index contributed by atoms with van der Waals surface area (Å²) in [5.74, 6) is 0. The van der Waals surface area contributed by atoms with Crippen LogP contribution >= 0.6 is 0 Å². The van der Waals surface area contributed by atoms with Crippen LogP contribution in [0.4, 0.5) is 5.69 Å². The van der Waals surface area contributed by atoms with Crippen LogP contribution in [-0.4, -0.2) is 66.3 Å². The normalized spacial score (nSPS) is 18.8.